The predicted octanol–water partition coefficient (Wildman–Crippen LogP) is 3.73. The van der Waals surface area contributed by atoms with Gasteiger partial charge >= 0.3 is 0 Å². The van der Waals surface area contributed by atoms with Crippen LogP contribution in [-0.4, -0.2) is 55.0 Å². The second-order valence-corrected chi connectivity index (χ2v) is 9.14. The van der Waals surface area contributed by atoms with E-state index >= 15 is 0 Å². The largest absolute Gasteiger partial charge is 0.378 e. The van der Waals surface area contributed by atoms with Gasteiger partial charge in [-0.05, 0) is 55.5 Å². The summed E-state index contributed by atoms with van der Waals surface area (Å²) >= 11 is 0. The molecule has 2 aromatic rings. The SMILES string of the molecule is CN(C)c1ccc([C@@H]2C[C@H]3CN(CCc4ccccc4)C(=O)[C@]34CCCN24)cc1. The van der Waals surface area contributed by atoms with Crippen molar-refractivity contribution in [1.29, 1.82) is 0 Å². The molecule has 2 aromatic carbocycles. The first-order chi connectivity index (χ1) is 14.1. The van der Waals surface area contributed by atoms with E-state index in [1.54, 1.807) is 0 Å². The highest BCUT2D eigenvalue weighted by Gasteiger charge is 2.64. The fourth-order valence-electron chi connectivity index (χ4n) is 5.99. The molecule has 3 fully saturated rings. The Morgan fingerprint density at radius 1 is 1.07 bits per heavy atom. The quantitative estimate of drug-likeness (QED) is 0.780. The zero-order valence-corrected chi connectivity index (χ0v) is 17.6. The maximum Gasteiger partial charge on any atom is 0.243 e. The summed E-state index contributed by atoms with van der Waals surface area (Å²) in [5, 5.41) is 0. The minimum absolute atomic E-state index is 0.235. The molecule has 0 saturated carbocycles. The highest BCUT2D eigenvalue weighted by molar-refractivity contribution is 5.90. The molecular weight excluding hydrogens is 358 g/mol. The van der Waals surface area contributed by atoms with Gasteiger partial charge in [-0.2, -0.15) is 0 Å². The zero-order valence-electron chi connectivity index (χ0n) is 17.6. The van der Waals surface area contributed by atoms with Gasteiger partial charge < -0.3 is 9.80 Å². The summed E-state index contributed by atoms with van der Waals surface area (Å²) in [6, 6.07) is 19.9. The van der Waals surface area contributed by atoms with E-state index in [4.69, 9.17) is 0 Å². The molecule has 0 bridgehead atoms. The summed E-state index contributed by atoms with van der Waals surface area (Å²) in [4.78, 5) is 20.5. The monoisotopic (exact) mass is 389 g/mol. The first kappa shape index (κ1) is 18.7. The normalized spacial score (nSPS) is 28.6. The second kappa shape index (κ2) is 7.17. The Hall–Kier alpha value is -2.33. The molecule has 0 unspecified atom stereocenters. The summed E-state index contributed by atoms with van der Waals surface area (Å²) in [6.45, 7) is 2.82. The molecule has 5 rings (SSSR count). The molecule has 3 aliphatic heterocycles. The smallest absolute Gasteiger partial charge is 0.243 e. The minimum atomic E-state index is -0.235. The predicted molar refractivity (Wildman–Crippen MR) is 117 cm³/mol. The van der Waals surface area contributed by atoms with E-state index < -0.39 is 0 Å². The number of hydrogen-bond donors (Lipinski definition) is 0. The lowest BCUT2D eigenvalue weighted by Gasteiger charge is -2.33. The lowest BCUT2D eigenvalue weighted by atomic mass is 9.85. The van der Waals surface area contributed by atoms with Crippen LogP contribution < -0.4 is 4.90 Å². The van der Waals surface area contributed by atoms with E-state index in [9.17, 15) is 4.79 Å². The van der Waals surface area contributed by atoms with E-state index in [1.165, 1.54) is 16.8 Å². The summed E-state index contributed by atoms with van der Waals surface area (Å²) in [5.74, 6) is 0.857. The van der Waals surface area contributed by atoms with Gasteiger partial charge in [-0.1, -0.05) is 42.5 Å². The fourth-order valence-corrected chi connectivity index (χ4v) is 5.99. The Bertz CT molecular complexity index is 879. The second-order valence-electron chi connectivity index (χ2n) is 9.14. The van der Waals surface area contributed by atoms with Crippen LogP contribution in [0, 0.1) is 5.92 Å². The molecule has 3 heterocycles. The number of likely N-dealkylation sites (tertiary alicyclic amines) is 1. The molecule has 3 aliphatic rings. The van der Waals surface area contributed by atoms with Crippen LogP contribution >= 0.6 is 0 Å². The maximum absolute atomic E-state index is 13.6. The highest BCUT2D eigenvalue weighted by atomic mass is 16.2. The Morgan fingerprint density at radius 2 is 1.83 bits per heavy atom. The first-order valence-electron chi connectivity index (χ1n) is 11.0. The van der Waals surface area contributed by atoms with Gasteiger partial charge in [0.2, 0.25) is 5.91 Å². The van der Waals surface area contributed by atoms with Gasteiger partial charge in [0.1, 0.15) is 5.54 Å². The highest BCUT2D eigenvalue weighted by Crippen LogP contribution is 2.56. The maximum atomic E-state index is 13.6. The van der Waals surface area contributed by atoms with Crippen molar-refractivity contribution >= 4 is 11.6 Å². The number of nitrogens with zero attached hydrogens (tertiary/aromatic N) is 3. The summed E-state index contributed by atoms with van der Waals surface area (Å²) in [7, 11) is 4.15. The molecule has 4 nitrogen and oxygen atoms in total. The van der Waals surface area contributed by atoms with Crippen LogP contribution in [-0.2, 0) is 11.2 Å². The lowest BCUT2D eigenvalue weighted by molar-refractivity contribution is -0.136. The van der Waals surface area contributed by atoms with Crippen molar-refractivity contribution < 1.29 is 4.79 Å². The Labute approximate surface area is 174 Å². The molecule has 0 aromatic heterocycles. The molecular formula is C25H31N3O. The van der Waals surface area contributed by atoms with Crippen LogP contribution in [0.5, 0.6) is 0 Å². The number of carbonyl (C=O) groups is 1. The minimum Gasteiger partial charge on any atom is -0.378 e. The Morgan fingerprint density at radius 3 is 2.55 bits per heavy atom. The molecule has 0 N–H and O–H groups in total. The number of hydrogen-bond acceptors (Lipinski definition) is 3. The molecule has 0 radical (unpaired) electrons. The average molecular weight is 390 g/mol. The number of amides is 1. The van der Waals surface area contributed by atoms with Crippen LogP contribution in [0.3, 0.4) is 0 Å². The third-order valence-electron chi connectivity index (χ3n) is 7.43. The molecule has 3 atom stereocenters. The van der Waals surface area contributed by atoms with Crippen molar-refractivity contribution in [3.8, 4) is 0 Å². The summed E-state index contributed by atoms with van der Waals surface area (Å²) in [5.41, 5.74) is 3.68. The standard InChI is InChI=1S/C25H31N3O/c1-26(2)22-11-9-20(10-12-22)23-17-21-18-27(16-13-19-7-4-3-5-8-19)24(29)25(21)14-6-15-28(23)25/h3-5,7-12,21,23H,6,13-18H2,1-2H3/t21-,23-,25-/m0/s1. The van der Waals surface area contributed by atoms with E-state index in [1.807, 2.05) is 0 Å². The van der Waals surface area contributed by atoms with Gasteiger partial charge in [-0.25, -0.2) is 0 Å². The Balaban J connectivity index is 1.34. The molecule has 0 aliphatic carbocycles. The van der Waals surface area contributed by atoms with Crippen molar-refractivity contribution in [1.82, 2.24) is 9.80 Å². The Kier molecular flexibility index (Phi) is 4.62. The number of anilines is 1. The summed E-state index contributed by atoms with van der Waals surface area (Å²) in [6.07, 6.45) is 4.23. The number of rotatable bonds is 5. The van der Waals surface area contributed by atoms with Crippen LogP contribution in [0.25, 0.3) is 0 Å². The molecule has 1 spiro atoms. The molecule has 152 valence electrons. The van der Waals surface area contributed by atoms with Crippen molar-refractivity contribution in [2.75, 3.05) is 38.6 Å². The van der Waals surface area contributed by atoms with Gasteiger partial charge in [-0.3, -0.25) is 9.69 Å². The van der Waals surface area contributed by atoms with E-state index in [0.29, 0.717) is 17.9 Å². The van der Waals surface area contributed by atoms with Crippen LogP contribution in [0.4, 0.5) is 5.69 Å². The van der Waals surface area contributed by atoms with E-state index in [0.717, 1.165) is 45.3 Å². The van der Waals surface area contributed by atoms with Gasteiger partial charge in [0.25, 0.3) is 0 Å². The van der Waals surface area contributed by atoms with Gasteiger partial charge in [-0.15, -0.1) is 0 Å². The van der Waals surface area contributed by atoms with Crippen molar-refractivity contribution in [3.05, 3.63) is 65.7 Å². The summed E-state index contributed by atoms with van der Waals surface area (Å²) < 4.78 is 0. The fraction of sp³-hybridized carbons (Fsp3) is 0.480. The first-order valence-corrected chi connectivity index (χ1v) is 11.0. The van der Waals surface area contributed by atoms with Crippen LogP contribution in [0.1, 0.15) is 36.4 Å². The lowest BCUT2D eigenvalue weighted by Crippen LogP contribution is -2.49. The zero-order chi connectivity index (χ0) is 20.0. The van der Waals surface area contributed by atoms with Gasteiger partial charge in [0.15, 0.2) is 0 Å². The van der Waals surface area contributed by atoms with Gasteiger partial charge in [0, 0.05) is 44.8 Å². The molecule has 4 heteroatoms. The third kappa shape index (κ3) is 2.96. The van der Waals surface area contributed by atoms with Gasteiger partial charge in [0.05, 0.1) is 0 Å². The topological polar surface area (TPSA) is 26.8 Å². The number of carbonyl (C=O) groups excluding carboxylic acids is 1. The van der Waals surface area contributed by atoms with E-state index in [-0.39, 0.29) is 5.54 Å². The van der Waals surface area contributed by atoms with Crippen molar-refractivity contribution in [2.45, 2.75) is 37.3 Å². The van der Waals surface area contributed by atoms with Crippen LogP contribution in [0.2, 0.25) is 0 Å². The van der Waals surface area contributed by atoms with Crippen molar-refractivity contribution in [2.24, 2.45) is 5.92 Å². The van der Waals surface area contributed by atoms with Crippen molar-refractivity contribution in [3.63, 3.8) is 0 Å². The third-order valence-corrected chi connectivity index (χ3v) is 7.43. The number of benzene rings is 2. The average Bonchev–Trinajstić information content (AvgIpc) is 3.37. The molecule has 3 saturated heterocycles. The molecule has 29 heavy (non-hydrogen) atoms. The molecule has 1 amide bonds. The van der Waals surface area contributed by atoms with E-state index in [2.05, 4.69) is 83.4 Å². The van der Waals surface area contributed by atoms with Crippen LogP contribution in [0.15, 0.2) is 54.6 Å².